The second-order valence-electron chi connectivity index (χ2n) is 6.20. The van der Waals surface area contributed by atoms with E-state index in [9.17, 15) is 25.2 Å². The van der Waals surface area contributed by atoms with E-state index in [2.05, 4.69) is 0 Å². The number of aliphatic hydroxyl groups is 4. The van der Waals surface area contributed by atoms with Crippen LogP contribution in [-0.2, 0) is 14.2 Å². The fourth-order valence-electron chi connectivity index (χ4n) is 2.46. The van der Waals surface area contributed by atoms with Gasteiger partial charge in [-0.2, -0.15) is 0 Å². The van der Waals surface area contributed by atoms with Crippen molar-refractivity contribution < 1.29 is 44.5 Å². The van der Waals surface area contributed by atoms with E-state index >= 15 is 0 Å². The molecule has 0 amide bonds. The number of aliphatic hydroxyl groups excluding tert-OH is 4. The first kappa shape index (κ1) is 21.3. The number of carbonyl (C=O) groups is 1. The fourth-order valence-corrected chi connectivity index (χ4v) is 2.46. The number of hydrogen-bond donors (Lipinski definition) is 5. The van der Waals surface area contributed by atoms with Crippen LogP contribution in [0.5, 0.6) is 5.75 Å². The Bertz CT molecular complexity index is 643. The van der Waals surface area contributed by atoms with E-state index < -0.39 is 36.7 Å². The number of benzene rings is 1. The van der Waals surface area contributed by atoms with Crippen molar-refractivity contribution in [3.63, 3.8) is 0 Å². The summed E-state index contributed by atoms with van der Waals surface area (Å²) in [6.45, 7) is 1.19. The smallest absolute Gasteiger partial charge is 0.338 e. The second-order valence-corrected chi connectivity index (χ2v) is 6.20. The summed E-state index contributed by atoms with van der Waals surface area (Å²) in [6, 6.07) is 5.40. The number of esters is 1. The van der Waals surface area contributed by atoms with Crippen molar-refractivity contribution in [2.45, 2.75) is 37.6 Å². The zero-order valence-corrected chi connectivity index (χ0v) is 14.8. The minimum absolute atomic E-state index is 0.000211. The van der Waals surface area contributed by atoms with Crippen LogP contribution >= 0.6 is 0 Å². The molecule has 5 atom stereocenters. The summed E-state index contributed by atoms with van der Waals surface area (Å²) < 4.78 is 15.9. The highest BCUT2D eigenvalue weighted by atomic mass is 16.7. The topological polar surface area (TPSA) is 146 Å². The minimum atomic E-state index is -1.55. The number of rotatable bonds is 7. The first-order valence-electron chi connectivity index (χ1n) is 8.37. The van der Waals surface area contributed by atoms with Crippen LogP contribution in [0.4, 0.5) is 0 Å². The van der Waals surface area contributed by atoms with E-state index in [1.54, 1.807) is 6.92 Å². The highest BCUT2D eigenvalue weighted by molar-refractivity contribution is 5.89. The molecule has 9 nitrogen and oxygen atoms in total. The average molecular weight is 384 g/mol. The Kier molecular flexibility index (Phi) is 7.72. The number of phenols is 1. The summed E-state index contributed by atoms with van der Waals surface area (Å²) >= 11 is 0. The molecule has 0 radical (unpaired) electrons. The van der Waals surface area contributed by atoms with Gasteiger partial charge in [-0.3, -0.25) is 0 Å². The van der Waals surface area contributed by atoms with Crippen LogP contribution in [-0.4, -0.2) is 82.0 Å². The molecule has 1 saturated heterocycles. The van der Waals surface area contributed by atoms with Crippen molar-refractivity contribution in [3.05, 3.63) is 41.5 Å². The number of phenolic OH excluding ortho intramolecular Hbond substituents is 1. The molecule has 1 aliphatic rings. The number of aromatic hydroxyl groups is 1. The van der Waals surface area contributed by atoms with E-state index in [1.165, 1.54) is 30.3 Å². The van der Waals surface area contributed by atoms with Gasteiger partial charge in [-0.25, -0.2) is 4.79 Å². The van der Waals surface area contributed by atoms with Gasteiger partial charge >= 0.3 is 5.97 Å². The fraction of sp³-hybridized carbons (Fsp3) is 0.500. The first-order chi connectivity index (χ1) is 12.8. The SMILES string of the molecule is CC(=CCO)COC1OC(COC(=O)c2ccc(O)cc2)C(O)C(O)C1O. The first-order valence-corrected chi connectivity index (χ1v) is 8.37. The Morgan fingerprint density at radius 1 is 1.15 bits per heavy atom. The Morgan fingerprint density at radius 2 is 1.81 bits per heavy atom. The third kappa shape index (κ3) is 5.73. The molecule has 0 aromatic heterocycles. The molecule has 0 bridgehead atoms. The third-order valence-electron chi connectivity index (χ3n) is 4.07. The molecule has 150 valence electrons. The van der Waals surface area contributed by atoms with Crippen LogP contribution in [0.3, 0.4) is 0 Å². The summed E-state index contributed by atoms with van der Waals surface area (Å²) in [5.41, 5.74) is 0.875. The molecule has 5 N–H and O–H groups in total. The Hall–Kier alpha value is -2.01. The van der Waals surface area contributed by atoms with Crippen LogP contribution in [0.1, 0.15) is 17.3 Å². The van der Waals surface area contributed by atoms with E-state index in [-0.39, 0.29) is 31.1 Å². The van der Waals surface area contributed by atoms with Gasteiger partial charge in [0.25, 0.3) is 0 Å². The number of hydrogen-bond acceptors (Lipinski definition) is 9. The van der Waals surface area contributed by atoms with Crippen molar-refractivity contribution in [1.82, 2.24) is 0 Å². The van der Waals surface area contributed by atoms with Gasteiger partial charge in [-0.1, -0.05) is 6.08 Å². The van der Waals surface area contributed by atoms with Gasteiger partial charge in [0.1, 0.15) is 36.8 Å². The molecule has 1 aromatic rings. The lowest BCUT2D eigenvalue weighted by molar-refractivity contribution is -0.298. The molecule has 1 aliphatic heterocycles. The van der Waals surface area contributed by atoms with Crippen molar-refractivity contribution >= 4 is 5.97 Å². The van der Waals surface area contributed by atoms with Gasteiger partial charge in [0.05, 0.1) is 18.8 Å². The monoisotopic (exact) mass is 384 g/mol. The van der Waals surface area contributed by atoms with Crippen molar-refractivity contribution in [3.8, 4) is 5.75 Å². The predicted octanol–water partition coefficient (Wildman–Crippen LogP) is -0.688. The van der Waals surface area contributed by atoms with E-state index in [0.29, 0.717) is 5.57 Å². The number of ether oxygens (including phenoxy) is 3. The highest BCUT2D eigenvalue weighted by Gasteiger charge is 2.44. The highest BCUT2D eigenvalue weighted by Crippen LogP contribution is 2.23. The molecule has 5 unspecified atom stereocenters. The molecule has 0 spiro atoms. The van der Waals surface area contributed by atoms with Crippen LogP contribution in [0, 0.1) is 0 Å². The molecule has 0 aliphatic carbocycles. The Labute approximate surface area is 156 Å². The lowest BCUT2D eigenvalue weighted by atomic mass is 9.99. The maximum absolute atomic E-state index is 12.0. The lowest BCUT2D eigenvalue weighted by Gasteiger charge is -2.40. The van der Waals surface area contributed by atoms with Crippen LogP contribution in [0.25, 0.3) is 0 Å². The van der Waals surface area contributed by atoms with Gasteiger partial charge in [0.15, 0.2) is 6.29 Å². The standard InChI is InChI=1S/C18H24O9/c1-10(6-7-19)8-26-18-16(23)15(22)14(21)13(27-18)9-25-17(24)11-2-4-12(20)5-3-11/h2-6,13-16,18-23H,7-9H2,1H3. The van der Waals surface area contributed by atoms with Crippen LogP contribution in [0.2, 0.25) is 0 Å². The molecule has 1 heterocycles. The van der Waals surface area contributed by atoms with Crippen LogP contribution < -0.4 is 0 Å². The van der Waals surface area contributed by atoms with Gasteiger partial charge in [0.2, 0.25) is 0 Å². The minimum Gasteiger partial charge on any atom is -0.508 e. The maximum Gasteiger partial charge on any atom is 0.338 e. The molecule has 2 rings (SSSR count). The number of carbonyl (C=O) groups excluding carboxylic acids is 1. The molecule has 27 heavy (non-hydrogen) atoms. The Morgan fingerprint density at radius 3 is 2.44 bits per heavy atom. The lowest BCUT2D eigenvalue weighted by Crippen LogP contribution is -2.59. The van der Waals surface area contributed by atoms with Gasteiger partial charge in [-0.15, -0.1) is 0 Å². The molecular weight excluding hydrogens is 360 g/mol. The van der Waals surface area contributed by atoms with Gasteiger partial charge in [0, 0.05) is 0 Å². The molecule has 1 aromatic carbocycles. The summed E-state index contributed by atoms with van der Waals surface area (Å²) in [4.78, 5) is 12.0. The largest absolute Gasteiger partial charge is 0.508 e. The van der Waals surface area contributed by atoms with Crippen molar-refractivity contribution in [2.75, 3.05) is 19.8 Å². The normalized spacial score (nSPS) is 28.8. The van der Waals surface area contributed by atoms with E-state index in [4.69, 9.17) is 19.3 Å². The average Bonchev–Trinajstić information content (AvgIpc) is 2.65. The zero-order chi connectivity index (χ0) is 20.0. The van der Waals surface area contributed by atoms with E-state index in [1.807, 2.05) is 0 Å². The molecule has 9 heteroatoms. The van der Waals surface area contributed by atoms with Crippen molar-refractivity contribution in [2.24, 2.45) is 0 Å². The quantitative estimate of drug-likeness (QED) is 0.304. The summed E-state index contributed by atoms with van der Waals surface area (Å²) in [5, 5.41) is 48.1. The maximum atomic E-state index is 12.0. The van der Waals surface area contributed by atoms with Crippen molar-refractivity contribution in [1.29, 1.82) is 0 Å². The Balaban J connectivity index is 1.95. The van der Waals surface area contributed by atoms with Crippen LogP contribution in [0.15, 0.2) is 35.9 Å². The van der Waals surface area contributed by atoms with Gasteiger partial charge in [-0.05, 0) is 36.8 Å². The summed E-state index contributed by atoms with van der Waals surface area (Å²) in [6.07, 6.45) is -5.38. The zero-order valence-electron chi connectivity index (χ0n) is 14.8. The third-order valence-corrected chi connectivity index (χ3v) is 4.07. The predicted molar refractivity (Wildman–Crippen MR) is 91.9 cm³/mol. The van der Waals surface area contributed by atoms with Gasteiger partial charge < -0.3 is 39.7 Å². The molecular formula is C18H24O9. The van der Waals surface area contributed by atoms with E-state index in [0.717, 1.165) is 0 Å². The summed E-state index contributed by atoms with van der Waals surface area (Å²) in [5.74, 6) is -0.703. The summed E-state index contributed by atoms with van der Waals surface area (Å²) in [7, 11) is 0. The second kappa shape index (κ2) is 9.79. The molecule has 0 saturated carbocycles. The molecule has 1 fully saturated rings.